The quantitative estimate of drug-likeness (QED) is 0.824. The lowest BCUT2D eigenvalue weighted by atomic mass is 9.84. The minimum atomic E-state index is -0.312. The van der Waals surface area contributed by atoms with Crippen LogP contribution in [0.15, 0.2) is 18.2 Å². The molecule has 4 heteroatoms. The smallest absolute Gasteiger partial charge is 0.132 e. The lowest BCUT2D eigenvalue weighted by Crippen LogP contribution is -2.22. The van der Waals surface area contributed by atoms with Crippen LogP contribution in [0, 0.1) is 0 Å². The molecule has 1 aromatic heterocycles. The molecule has 0 spiro atoms. The number of rotatable bonds is 2. The van der Waals surface area contributed by atoms with E-state index in [1.165, 1.54) is 0 Å². The van der Waals surface area contributed by atoms with Crippen molar-refractivity contribution in [3.05, 3.63) is 28.9 Å². The van der Waals surface area contributed by atoms with Crippen molar-refractivity contribution in [2.24, 2.45) is 0 Å². The van der Waals surface area contributed by atoms with E-state index in [2.05, 4.69) is 10.2 Å². The second-order valence-electron chi connectivity index (χ2n) is 4.28. The number of aliphatic hydroxyl groups excluding tert-OH is 1. The topological polar surface area (TPSA) is 48.9 Å². The van der Waals surface area contributed by atoms with Crippen LogP contribution in [-0.2, 0) is 5.41 Å². The Balaban J connectivity index is 2.75. The highest BCUT2D eigenvalue weighted by molar-refractivity contribution is 6.34. The number of hydrogen-bond donors (Lipinski definition) is 2. The molecule has 0 atom stereocenters. The highest BCUT2D eigenvalue weighted by Crippen LogP contribution is 2.32. The number of fused-ring (bicyclic) bond motifs is 1. The molecule has 0 aliphatic heterocycles. The monoisotopic (exact) mass is 224 g/mol. The third-order valence-corrected chi connectivity index (χ3v) is 2.93. The van der Waals surface area contributed by atoms with E-state index in [1.807, 2.05) is 32.0 Å². The number of nitrogens with zero attached hydrogens (tertiary/aromatic N) is 1. The Labute approximate surface area is 93.1 Å². The summed E-state index contributed by atoms with van der Waals surface area (Å²) < 4.78 is 0. The van der Waals surface area contributed by atoms with E-state index in [1.54, 1.807) is 0 Å². The van der Waals surface area contributed by atoms with Crippen LogP contribution in [0.25, 0.3) is 10.9 Å². The Morgan fingerprint density at radius 3 is 2.87 bits per heavy atom. The molecule has 0 aliphatic carbocycles. The summed E-state index contributed by atoms with van der Waals surface area (Å²) in [6.45, 7) is 4.03. The van der Waals surface area contributed by atoms with Gasteiger partial charge in [0.1, 0.15) is 5.15 Å². The molecule has 0 amide bonds. The third kappa shape index (κ3) is 1.62. The van der Waals surface area contributed by atoms with Crippen LogP contribution in [0.2, 0.25) is 5.15 Å². The largest absolute Gasteiger partial charge is 0.395 e. The van der Waals surface area contributed by atoms with Crippen LogP contribution in [0.3, 0.4) is 0 Å². The van der Waals surface area contributed by atoms with Gasteiger partial charge in [-0.1, -0.05) is 37.6 Å². The molecule has 3 nitrogen and oxygen atoms in total. The Morgan fingerprint density at radius 1 is 1.47 bits per heavy atom. The summed E-state index contributed by atoms with van der Waals surface area (Å²) in [5.41, 5.74) is 1.54. The van der Waals surface area contributed by atoms with Gasteiger partial charge in [0.25, 0.3) is 0 Å². The molecular formula is C11H13ClN2O. The predicted octanol–water partition coefficient (Wildman–Crippen LogP) is 2.49. The Kier molecular flexibility index (Phi) is 2.44. The number of benzene rings is 1. The van der Waals surface area contributed by atoms with Crippen LogP contribution < -0.4 is 0 Å². The van der Waals surface area contributed by atoms with Crippen LogP contribution in [0.4, 0.5) is 0 Å². The maximum Gasteiger partial charge on any atom is 0.132 e. The molecule has 0 fully saturated rings. The summed E-state index contributed by atoms with van der Waals surface area (Å²) in [4.78, 5) is 0. The number of hydrogen-bond acceptors (Lipinski definition) is 2. The fourth-order valence-corrected chi connectivity index (χ4v) is 1.92. The van der Waals surface area contributed by atoms with Gasteiger partial charge in [-0.25, -0.2) is 0 Å². The zero-order valence-corrected chi connectivity index (χ0v) is 9.47. The first kappa shape index (κ1) is 10.5. The molecule has 2 aromatic rings. The van der Waals surface area contributed by atoms with Crippen molar-refractivity contribution >= 4 is 22.5 Å². The van der Waals surface area contributed by atoms with E-state index in [4.69, 9.17) is 11.6 Å². The SMILES string of the molecule is CC(C)(CO)c1cccc2n[nH]c(Cl)c12. The first-order valence-corrected chi connectivity index (χ1v) is 5.18. The lowest BCUT2D eigenvalue weighted by molar-refractivity contribution is 0.219. The van der Waals surface area contributed by atoms with E-state index in [-0.39, 0.29) is 12.0 Å². The van der Waals surface area contributed by atoms with E-state index >= 15 is 0 Å². The van der Waals surface area contributed by atoms with Gasteiger partial charge in [0, 0.05) is 10.8 Å². The molecular weight excluding hydrogens is 212 g/mol. The number of nitrogens with one attached hydrogen (secondary N) is 1. The lowest BCUT2D eigenvalue weighted by Gasteiger charge is -2.23. The summed E-state index contributed by atoms with van der Waals surface area (Å²) in [5, 5.41) is 17.6. The highest BCUT2D eigenvalue weighted by atomic mass is 35.5. The van der Waals surface area contributed by atoms with Crippen molar-refractivity contribution in [3.63, 3.8) is 0 Å². The molecule has 80 valence electrons. The molecule has 15 heavy (non-hydrogen) atoms. The molecule has 0 saturated carbocycles. The van der Waals surface area contributed by atoms with E-state index in [0.29, 0.717) is 5.15 Å². The normalized spacial score (nSPS) is 12.3. The number of aromatic nitrogens is 2. The van der Waals surface area contributed by atoms with Crippen LogP contribution in [0.5, 0.6) is 0 Å². The van der Waals surface area contributed by atoms with Gasteiger partial charge >= 0.3 is 0 Å². The van der Waals surface area contributed by atoms with Crippen molar-refractivity contribution in [3.8, 4) is 0 Å². The molecule has 2 N–H and O–H groups in total. The fraction of sp³-hybridized carbons (Fsp3) is 0.364. The maximum atomic E-state index is 9.36. The molecule has 2 rings (SSSR count). The molecule has 0 bridgehead atoms. The first-order chi connectivity index (χ1) is 7.06. The molecule has 1 heterocycles. The maximum absolute atomic E-state index is 9.36. The standard InChI is InChI=1S/C11H13ClN2O/c1-11(2,6-15)7-4-3-5-8-9(7)10(12)14-13-8/h3-5,15H,6H2,1-2H3,(H,13,14). The van der Waals surface area contributed by atoms with Gasteiger partial charge in [0.2, 0.25) is 0 Å². The fourth-order valence-electron chi connectivity index (χ4n) is 1.68. The van der Waals surface area contributed by atoms with Gasteiger partial charge in [-0.05, 0) is 11.6 Å². The average Bonchev–Trinajstić information content (AvgIpc) is 2.60. The minimum absolute atomic E-state index is 0.0770. The molecule has 0 saturated heterocycles. The third-order valence-electron chi connectivity index (χ3n) is 2.66. The van der Waals surface area contributed by atoms with Crippen molar-refractivity contribution in [2.45, 2.75) is 19.3 Å². The second kappa shape index (κ2) is 3.51. The van der Waals surface area contributed by atoms with Crippen LogP contribution >= 0.6 is 11.6 Å². The first-order valence-electron chi connectivity index (χ1n) is 4.80. The summed E-state index contributed by atoms with van der Waals surface area (Å²) in [5.74, 6) is 0. The van der Waals surface area contributed by atoms with Gasteiger partial charge in [-0.15, -0.1) is 0 Å². The van der Waals surface area contributed by atoms with E-state index in [0.717, 1.165) is 16.5 Å². The highest BCUT2D eigenvalue weighted by Gasteiger charge is 2.23. The number of halogens is 1. The van der Waals surface area contributed by atoms with E-state index < -0.39 is 0 Å². The zero-order valence-electron chi connectivity index (χ0n) is 8.71. The molecule has 0 radical (unpaired) electrons. The predicted molar refractivity (Wildman–Crippen MR) is 61.2 cm³/mol. The van der Waals surface area contributed by atoms with Crippen molar-refractivity contribution < 1.29 is 5.11 Å². The summed E-state index contributed by atoms with van der Waals surface area (Å²) in [6, 6.07) is 5.79. The Bertz CT molecular complexity index is 490. The van der Waals surface area contributed by atoms with E-state index in [9.17, 15) is 5.11 Å². The van der Waals surface area contributed by atoms with Crippen LogP contribution in [-0.4, -0.2) is 21.9 Å². The van der Waals surface area contributed by atoms with Gasteiger partial charge in [-0.3, -0.25) is 5.10 Å². The number of aromatic amines is 1. The van der Waals surface area contributed by atoms with Crippen molar-refractivity contribution in [1.82, 2.24) is 10.2 Å². The molecule has 0 aliphatic rings. The zero-order chi connectivity index (χ0) is 11.1. The Hall–Kier alpha value is -1.06. The van der Waals surface area contributed by atoms with Crippen molar-refractivity contribution in [1.29, 1.82) is 0 Å². The number of H-pyrrole nitrogens is 1. The average molecular weight is 225 g/mol. The van der Waals surface area contributed by atoms with Crippen molar-refractivity contribution in [2.75, 3.05) is 6.61 Å². The number of aliphatic hydroxyl groups is 1. The van der Waals surface area contributed by atoms with Gasteiger partial charge in [-0.2, -0.15) is 5.10 Å². The molecule has 1 aromatic carbocycles. The Morgan fingerprint density at radius 2 is 2.20 bits per heavy atom. The van der Waals surface area contributed by atoms with Gasteiger partial charge < -0.3 is 5.11 Å². The summed E-state index contributed by atoms with van der Waals surface area (Å²) >= 11 is 6.04. The van der Waals surface area contributed by atoms with Gasteiger partial charge in [0.15, 0.2) is 0 Å². The van der Waals surface area contributed by atoms with Gasteiger partial charge in [0.05, 0.1) is 12.1 Å². The summed E-state index contributed by atoms with van der Waals surface area (Å²) in [7, 11) is 0. The minimum Gasteiger partial charge on any atom is -0.395 e. The second-order valence-corrected chi connectivity index (χ2v) is 4.66. The summed E-state index contributed by atoms with van der Waals surface area (Å²) in [6.07, 6.45) is 0. The van der Waals surface area contributed by atoms with Crippen LogP contribution in [0.1, 0.15) is 19.4 Å². The molecule has 0 unspecified atom stereocenters.